The molecule has 1 saturated heterocycles. The van der Waals surface area contributed by atoms with E-state index >= 15 is 0 Å². The molecule has 2 atom stereocenters. The van der Waals surface area contributed by atoms with Crippen LogP contribution in [0.1, 0.15) is 31.7 Å². The van der Waals surface area contributed by atoms with Crippen LogP contribution in [-0.4, -0.2) is 30.1 Å². The summed E-state index contributed by atoms with van der Waals surface area (Å²) in [7, 11) is 0. The van der Waals surface area contributed by atoms with E-state index in [9.17, 15) is 0 Å². The number of thiophene rings is 1. The first-order valence-corrected chi connectivity index (χ1v) is 9.00. The second-order valence-electron chi connectivity index (χ2n) is 6.51. The van der Waals surface area contributed by atoms with Crippen LogP contribution in [0, 0.1) is 11.8 Å². The molecule has 2 N–H and O–H groups in total. The Morgan fingerprint density at radius 2 is 2.16 bits per heavy atom. The monoisotopic (exact) mass is 342 g/mol. The van der Waals surface area contributed by atoms with Crippen LogP contribution in [0.15, 0.2) is 15.2 Å². The van der Waals surface area contributed by atoms with Crippen molar-refractivity contribution >= 4 is 27.3 Å². The molecule has 0 aromatic carbocycles. The minimum absolute atomic E-state index is 0.372. The van der Waals surface area contributed by atoms with Crippen molar-refractivity contribution in [3.8, 4) is 0 Å². The van der Waals surface area contributed by atoms with E-state index < -0.39 is 0 Å². The maximum Gasteiger partial charge on any atom is 0.0701 e. The molecule has 2 unspecified atom stereocenters. The van der Waals surface area contributed by atoms with Gasteiger partial charge in [-0.2, -0.15) is 0 Å². The minimum Gasteiger partial charge on any atom is -0.327 e. The fraction of sp³-hybridized carbons (Fsp3) is 0.733. The van der Waals surface area contributed by atoms with Crippen molar-refractivity contribution in [1.29, 1.82) is 0 Å². The molecule has 106 valence electrons. The highest BCUT2D eigenvalue weighted by molar-refractivity contribution is 9.11. The smallest absolute Gasteiger partial charge is 0.0701 e. The number of nitrogens with zero attached hydrogens (tertiary/aromatic N) is 1. The molecule has 2 heterocycles. The molecule has 1 aliphatic heterocycles. The zero-order valence-corrected chi connectivity index (χ0v) is 13.9. The number of hydrogen-bond donors (Lipinski definition) is 1. The Labute approximate surface area is 128 Å². The average Bonchev–Trinajstić information content (AvgIpc) is 2.70. The largest absolute Gasteiger partial charge is 0.327 e. The summed E-state index contributed by atoms with van der Waals surface area (Å²) in [6, 6.07) is 3.45. The normalized spacial score (nSPS) is 36.2. The van der Waals surface area contributed by atoms with Gasteiger partial charge in [-0.3, -0.25) is 4.90 Å². The lowest BCUT2D eigenvalue weighted by molar-refractivity contribution is 0.0403. The Morgan fingerprint density at radius 1 is 1.37 bits per heavy atom. The van der Waals surface area contributed by atoms with Crippen LogP contribution in [0.3, 0.4) is 0 Å². The molecule has 1 saturated carbocycles. The molecular weight excluding hydrogens is 320 g/mol. The third kappa shape index (κ3) is 3.41. The quantitative estimate of drug-likeness (QED) is 0.910. The van der Waals surface area contributed by atoms with Crippen molar-refractivity contribution in [3.05, 3.63) is 20.8 Å². The zero-order valence-electron chi connectivity index (χ0n) is 11.5. The Bertz CT molecular complexity index is 428. The second kappa shape index (κ2) is 5.84. The first-order valence-electron chi connectivity index (χ1n) is 7.32. The number of rotatable bonds is 3. The van der Waals surface area contributed by atoms with Gasteiger partial charge in [-0.1, -0.05) is 6.92 Å². The van der Waals surface area contributed by atoms with E-state index in [-0.39, 0.29) is 0 Å². The van der Waals surface area contributed by atoms with E-state index in [0.29, 0.717) is 6.04 Å². The Hall–Kier alpha value is 0.100. The fourth-order valence-corrected chi connectivity index (χ4v) is 4.90. The molecule has 2 aliphatic rings. The van der Waals surface area contributed by atoms with E-state index in [0.717, 1.165) is 24.4 Å². The fourth-order valence-electron chi connectivity index (χ4n) is 3.67. The predicted molar refractivity (Wildman–Crippen MR) is 85.6 cm³/mol. The lowest BCUT2D eigenvalue weighted by Gasteiger charge is -2.47. The van der Waals surface area contributed by atoms with Gasteiger partial charge in [0.25, 0.3) is 0 Å². The highest BCUT2D eigenvalue weighted by Gasteiger charge is 2.35. The molecule has 2 fully saturated rings. The molecule has 0 amide bonds. The van der Waals surface area contributed by atoms with Gasteiger partial charge in [0.05, 0.1) is 3.79 Å². The van der Waals surface area contributed by atoms with Crippen LogP contribution in [0.2, 0.25) is 0 Å². The van der Waals surface area contributed by atoms with Gasteiger partial charge in [-0.05, 0) is 70.5 Å². The van der Waals surface area contributed by atoms with Gasteiger partial charge in [-0.15, -0.1) is 11.3 Å². The van der Waals surface area contributed by atoms with Gasteiger partial charge in [-0.25, -0.2) is 0 Å². The minimum atomic E-state index is 0.372. The maximum absolute atomic E-state index is 6.28. The lowest BCUT2D eigenvalue weighted by Crippen LogP contribution is -2.54. The zero-order chi connectivity index (χ0) is 13.4. The predicted octanol–water partition coefficient (Wildman–Crippen LogP) is 3.50. The lowest BCUT2D eigenvalue weighted by atomic mass is 9.78. The van der Waals surface area contributed by atoms with Gasteiger partial charge in [0.2, 0.25) is 0 Å². The molecule has 3 rings (SSSR count). The molecule has 19 heavy (non-hydrogen) atoms. The van der Waals surface area contributed by atoms with Crippen LogP contribution in [0.4, 0.5) is 0 Å². The molecule has 2 nitrogen and oxygen atoms in total. The van der Waals surface area contributed by atoms with Gasteiger partial charge in [0, 0.05) is 25.2 Å². The molecule has 4 heteroatoms. The van der Waals surface area contributed by atoms with Crippen molar-refractivity contribution in [2.75, 3.05) is 13.1 Å². The number of likely N-dealkylation sites (tertiary alicyclic amines) is 1. The third-order valence-corrected chi connectivity index (χ3v) is 6.16. The van der Waals surface area contributed by atoms with Gasteiger partial charge < -0.3 is 5.73 Å². The van der Waals surface area contributed by atoms with Gasteiger partial charge >= 0.3 is 0 Å². The van der Waals surface area contributed by atoms with E-state index in [1.165, 1.54) is 41.6 Å². The summed E-state index contributed by atoms with van der Waals surface area (Å²) in [5.41, 5.74) is 7.75. The Morgan fingerprint density at radius 3 is 2.79 bits per heavy atom. The Balaban J connectivity index is 1.59. The average molecular weight is 343 g/mol. The topological polar surface area (TPSA) is 29.3 Å². The molecule has 1 aromatic heterocycles. The Kier molecular flexibility index (Phi) is 4.32. The standard InChI is InChI=1S/C15H23BrN2S/c1-10-2-14(3-10)18-7-11(5-13(17)8-18)4-12-6-15(16)19-9-12/h6,9-11,13-14H,2-5,7-8,17H2,1H3. The van der Waals surface area contributed by atoms with E-state index in [4.69, 9.17) is 5.73 Å². The van der Waals surface area contributed by atoms with Crippen molar-refractivity contribution in [2.45, 2.75) is 44.7 Å². The second-order valence-corrected chi connectivity index (χ2v) is 8.80. The van der Waals surface area contributed by atoms with Crippen LogP contribution in [0.25, 0.3) is 0 Å². The van der Waals surface area contributed by atoms with Gasteiger partial charge in [0.1, 0.15) is 0 Å². The molecule has 0 bridgehead atoms. The summed E-state index contributed by atoms with van der Waals surface area (Å²) in [5, 5.41) is 2.28. The van der Waals surface area contributed by atoms with Gasteiger partial charge in [0.15, 0.2) is 0 Å². The summed E-state index contributed by atoms with van der Waals surface area (Å²) in [4.78, 5) is 2.67. The van der Waals surface area contributed by atoms with Crippen molar-refractivity contribution in [3.63, 3.8) is 0 Å². The molecule has 0 radical (unpaired) electrons. The maximum atomic E-state index is 6.28. The van der Waals surface area contributed by atoms with E-state index in [2.05, 4.69) is 39.2 Å². The highest BCUT2D eigenvalue weighted by atomic mass is 79.9. The number of nitrogens with two attached hydrogens (primary N) is 1. The summed E-state index contributed by atoms with van der Waals surface area (Å²) in [5.74, 6) is 1.66. The van der Waals surface area contributed by atoms with Crippen molar-refractivity contribution < 1.29 is 0 Å². The highest BCUT2D eigenvalue weighted by Crippen LogP contribution is 2.34. The summed E-state index contributed by atoms with van der Waals surface area (Å²) >= 11 is 5.34. The van der Waals surface area contributed by atoms with E-state index in [1.807, 2.05) is 0 Å². The van der Waals surface area contributed by atoms with Crippen molar-refractivity contribution in [1.82, 2.24) is 4.90 Å². The van der Waals surface area contributed by atoms with Crippen LogP contribution in [-0.2, 0) is 6.42 Å². The summed E-state index contributed by atoms with van der Waals surface area (Å²) in [6.45, 7) is 4.72. The number of piperidine rings is 1. The van der Waals surface area contributed by atoms with Crippen LogP contribution in [0.5, 0.6) is 0 Å². The molecule has 1 aliphatic carbocycles. The van der Waals surface area contributed by atoms with Crippen molar-refractivity contribution in [2.24, 2.45) is 17.6 Å². The molecular formula is C15H23BrN2S. The first kappa shape index (κ1) is 14.1. The number of hydrogen-bond acceptors (Lipinski definition) is 3. The first-order chi connectivity index (χ1) is 9.10. The van der Waals surface area contributed by atoms with E-state index in [1.54, 1.807) is 11.3 Å². The number of halogens is 1. The summed E-state index contributed by atoms with van der Waals surface area (Å²) < 4.78 is 1.24. The summed E-state index contributed by atoms with van der Waals surface area (Å²) in [6.07, 6.45) is 5.13. The third-order valence-electron chi connectivity index (χ3n) is 4.61. The molecule has 0 spiro atoms. The van der Waals surface area contributed by atoms with Crippen LogP contribution < -0.4 is 5.73 Å². The molecule has 1 aromatic rings. The SMILES string of the molecule is CC1CC(N2CC(N)CC(Cc3csc(Br)c3)C2)C1. The van der Waals surface area contributed by atoms with Crippen LogP contribution >= 0.6 is 27.3 Å².